The van der Waals surface area contributed by atoms with Crippen LogP contribution in [0, 0.1) is 0 Å². The van der Waals surface area contributed by atoms with Gasteiger partial charge >= 0.3 is 0 Å². The van der Waals surface area contributed by atoms with Crippen molar-refractivity contribution >= 4 is 17.0 Å². The summed E-state index contributed by atoms with van der Waals surface area (Å²) in [6.45, 7) is 2.48. The van der Waals surface area contributed by atoms with Crippen molar-refractivity contribution in [1.29, 1.82) is 0 Å². The van der Waals surface area contributed by atoms with E-state index in [0.717, 1.165) is 11.3 Å². The Kier molecular flexibility index (Phi) is 3.85. The second kappa shape index (κ2) is 6.31. The van der Waals surface area contributed by atoms with Gasteiger partial charge in [-0.2, -0.15) is 4.98 Å². The van der Waals surface area contributed by atoms with Gasteiger partial charge in [0.1, 0.15) is 12.0 Å². The molecule has 0 aromatic carbocycles. The molecule has 0 saturated carbocycles. The highest BCUT2D eigenvalue weighted by Crippen LogP contribution is 2.24. The van der Waals surface area contributed by atoms with Crippen LogP contribution >= 0.6 is 0 Å². The number of rotatable bonds is 5. The minimum absolute atomic E-state index is 0.488. The molecular formula is C17H16N6O2. The zero-order valence-electron chi connectivity index (χ0n) is 13.9. The average molecular weight is 336 g/mol. The van der Waals surface area contributed by atoms with Crippen LogP contribution in [0.2, 0.25) is 0 Å². The second-order valence-corrected chi connectivity index (χ2v) is 5.59. The molecule has 4 heterocycles. The van der Waals surface area contributed by atoms with Gasteiger partial charge in [0, 0.05) is 37.5 Å². The zero-order chi connectivity index (χ0) is 17.2. The first-order valence-corrected chi connectivity index (χ1v) is 7.92. The van der Waals surface area contributed by atoms with E-state index in [4.69, 9.17) is 8.94 Å². The number of pyridine rings is 1. The lowest BCUT2D eigenvalue weighted by molar-refractivity contribution is 0.385. The van der Waals surface area contributed by atoms with Crippen LogP contribution < -0.4 is 4.90 Å². The molecule has 4 rings (SSSR count). The summed E-state index contributed by atoms with van der Waals surface area (Å²) in [4.78, 5) is 19.0. The molecule has 0 fully saturated rings. The number of nitrogens with zero attached hydrogens (tertiary/aromatic N) is 6. The fraction of sp³-hybridized carbons (Fsp3) is 0.235. The molecule has 0 radical (unpaired) electrons. The van der Waals surface area contributed by atoms with Gasteiger partial charge < -0.3 is 13.8 Å². The molecular weight excluding hydrogens is 320 g/mol. The van der Waals surface area contributed by atoms with Crippen LogP contribution in [0.3, 0.4) is 0 Å². The maximum absolute atomic E-state index is 5.59. The molecule has 0 amide bonds. The number of fused-ring (bicyclic) bond motifs is 1. The molecule has 0 saturated heterocycles. The summed E-state index contributed by atoms with van der Waals surface area (Å²) in [6, 6.07) is 5.70. The maximum atomic E-state index is 5.59. The molecule has 0 aliphatic heterocycles. The number of aryl methyl sites for hydroxylation is 1. The molecule has 0 bridgehead atoms. The Hall–Kier alpha value is -3.29. The summed E-state index contributed by atoms with van der Waals surface area (Å²) in [7, 11) is 1.91. The van der Waals surface area contributed by atoms with E-state index in [1.807, 2.05) is 37.1 Å². The summed E-state index contributed by atoms with van der Waals surface area (Å²) in [5, 5.41) is 4.10. The van der Waals surface area contributed by atoms with Gasteiger partial charge in [-0.05, 0) is 12.1 Å². The highest BCUT2D eigenvalue weighted by molar-refractivity contribution is 5.81. The molecule has 0 N–H and O–H groups in total. The van der Waals surface area contributed by atoms with Gasteiger partial charge in [-0.1, -0.05) is 12.1 Å². The van der Waals surface area contributed by atoms with Crippen molar-refractivity contribution in [3.05, 3.63) is 48.6 Å². The first-order valence-electron chi connectivity index (χ1n) is 7.92. The smallest absolute Gasteiger partial charge is 0.252 e. The molecule has 126 valence electrons. The molecule has 0 aliphatic carbocycles. The predicted molar refractivity (Wildman–Crippen MR) is 90.8 cm³/mol. The van der Waals surface area contributed by atoms with Gasteiger partial charge in [0.15, 0.2) is 23.0 Å². The topological polar surface area (TPSA) is 94.0 Å². The number of hydrogen-bond donors (Lipinski definition) is 0. The van der Waals surface area contributed by atoms with E-state index in [9.17, 15) is 0 Å². The molecule has 4 aromatic rings. The van der Waals surface area contributed by atoms with Crippen LogP contribution in [-0.4, -0.2) is 32.1 Å². The number of hydrogen-bond acceptors (Lipinski definition) is 8. The van der Waals surface area contributed by atoms with E-state index in [1.54, 1.807) is 12.4 Å². The number of anilines is 1. The summed E-state index contributed by atoms with van der Waals surface area (Å²) in [5.74, 6) is 2.05. The fourth-order valence-electron chi connectivity index (χ4n) is 2.56. The van der Waals surface area contributed by atoms with Gasteiger partial charge in [0.25, 0.3) is 5.71 Å². The Morgan fingerprint density at radius 1 is 1.24 bits per heavy atom. The lowest BCUT2D eigenvalue weighted by Crippen LogP contribution is -2.17. The fourth-order valence-corrected chi connectivity index (χ4v) is 2.56. The van der Waals surface area contributed by atoms with E-state index in [0.29, 0.717) is 41.7 Å². The van der Waals surface area contributed by atoms with E-state index in [2.05, 4.69) is 25.1 Å². The molecule has 0 spiro atoms. The SMILES string of the molecule is CCc1nc2c(N(C)Cc3cc(-c4cccnc4)no3)ncnc2o1. The van der Waals surface area contributed by atoms with Crippen LogP contribution in [-0.2, 0) is 13.0 Å². The number of oxazole rings is 1. The second-order valence-electron chi connectivity index (χ2n) is 5.59. The first-order chi connectivity index (χ1) is 12.2. The molecule has 8 nitrogen and oxygen atoms in total. The van der Waals surface area contributed by atoms with Crippen molar-refractivity contribution in [3.63, 3.8) is 0 Å². The number of aromatic nitrogens is 5. The van der Waals surface area contributed by atoms with Crippen molar-refractivity contribution in [2.75, 3.05) is 11.9 Å². The quantitative estimate of drug-likeness (QED) is 0.549. The lowest BCUT2D eigenvalue weighted by Gasteiger charge is -2.15. The van der Waals surface area contributed by atoms with E-state index < -0.39 is 0 Å². The van der Waals surface area contributed by atoms with Crippen LogP contribution in [0.25, 0.3) is 22.5 Å². The monoisotopic (exact) mass is 336 g/mol. The minimum atomic E-state index is 0.488. The van der Waals surface area contributed by atoms with E-state index >= 15 is 0 Å². The third-order valence-corrected chi connectivity index (χ3v) is 3.79. The standard InChI is InChI=1S/C17H16N6O2/c1-3-14-21-15-16(19-10-20-17(15)24-14)23(2)9-12-7-13(22-25-12)11-5-4-6-18-8-11/h4-8,10H,3,9H2,1-2H3. The molecule has 4 aromatic heterocycles. The normalized spacial score (nSPS) is 11.1. The van der Waals surface area contributed by atoms with Crippen LogP contribution in [0.5, 0.6) is 0 Å². The van der Waals surface area contributed by atoms with Crippen LogP contribution in [0.15, 0.2) is 45.9 Å². The van der Waals surface area contributed by atoms with Gasteiger partial charge in [-0.25, -0.2) is 9.97 Å². The van der Waals surface area contributed by atoms with Gasteiger partial charge in [-0.15, -0.1) is 0 Å². The van der Waals surface area contributed by atoms with Crippen molar-refractivity contribution in [2.45, 2.75) is 19.9 Å². The summed E-state index contributed by atoms with van der Waals surface area (Å²) >= 11 is 0. The summed E-state index contributed by atoms with van der Waals surface area (Å²) < 4.78 is 11.0. The van der Waals surface area contributed by atoms with Crippen LogP contribution in [0.1, 0.15) is 18.6 Å². The molecule has 0 atom stereocenters. The van der Waals surface area contributed by atoms with Gasteiger partial charge in [-0.3, -0.25) is 4.98 Å². The van der Waals surface area contributed by atoms with E-state index in [-0.39, 0.29) is 0 Å². The Balaban J connectivity index is 1.59. The Morgan fingerprint density at radius 2 is 2.16 bits per heavy atom. The third-order valence-electron chi connectivity index (χ3n) is 3.79. The lowest BCUT2D eigenvalue weighted by atomic mass is 10.2. The molecule has 0 unspecified atom stereocenters. The Labute approximate surface area is 143 Å². The van der Waals surface area contributed by atoms with Gasteiger partial charge in [0.2, 0.25) is 0 Å². The van der Waals surface area contributed by atoms with Crippen molar-refractivity contribution in [3.8, 4) is 11.3 Å². The minimum Gasteiger partial charge on any atom is -0.422 e. The largest absolute Gasteiger partial charge is 0.422 e. The van der Waals surface area contributed by atoms with Gasteiger partial charge in [0.05, 0.1) is 6.54 Å². The van der Waals surface area contributed by atoms with Crippen LogP contribution in [0.4, 0.5) is 5.82 Å². The van der Waals surface area contributed by atoms with Crippen molar-refractivity contribution in [2.24, 2.45) is 0 Å². The first kappa shape index (κ1) is 15.3. The molecule has 25 heavy (non-hydrogen) atoms. The highest BCUT2D eigenvalue weighted by atomic mass is 16.5. The van der Waals surface area contributed by atoms with Crippen molar-refractivity contribution in [1.82, 2.24) is 25.1 Å². The molecule has 0 aliphatic rings. The maximum Gasteiger partial charge on any atom is 0.252 e. The Bertz CT molecular complexity index is 995. The van der Waals surface area contributed by atoms with E-state index in [1.165, 1.54) is 6.33 Å². The Morgan fingerprint density at radius 3 is 2.96 bits per heavy atom. The summed E-state index contributed by atoms with van der Waals surface area (Å²) in [6.07, 6.45) is 5.65. The highest BCUT2D eigenvalue weighted by Gasteiger charge is 2.16. The van der Waals surface area contributed by atoms with Crippen molar-refractivity contribution < 1.29 is 8.94 Å². The zero-order valence-corrected chi connectivity index (χ0v) is 13.9. The third kappa shape index (κ3) is 2.93. The summed E-state index contributed by atoms with van der Waals surface area (Å²) in [5.41, 5.74) is 2.80. The predicted octanol–water partition coefficient (Wildman–Crippen LogP) is 2.87. The molecule has 8 heteroatoms. The average Bonchev–Trinajstić information content (AvgIpc) is 3.28.